The van der Waals surface area contributed by atoms with E-state index >= 15 is 0 Å². The molecule has 0 N–H and O–H groups in total. The van der Waals surface area contributed by atoms with Gasteiger partial charge in [0.2, 0.25) is 0 Å². The summed E-state index contributed by atoms with van der Waals surface area (Å²) in [5, 5.41) is 10.9. The maximum Gasteiger partial charge on any atom is 0.144 e. The number of nitriles is 1. The standard InChI is InChI=1S/C64H64N4O/c1-41(2)47-15-19-49(20-16-47)57-26-23-51(38-66-57)62(5,6)34-44-30-45(35-63(7,8)52-24-27-58(67-39-52)50-21-17-48(18-22-50)42(3)4)32-46(31-44)36-64(9,10)53-25-28-59(68-40-53)55-13-11-12-54-56-33-43(37-65)14-29-60(56)69-61(54)55/h11-33,38-42H,34-36H2,1-10H3/i14D,33D. The summed E-state index contributed by atoms with van der Waals surface area (Å²) in [6.07, 6.45) is 8.59. The molecule has 5 heteroatoms. The molecule has 346 valence electrons. The van der Waals surface area contributed by atoms with Crippen LogP contribution in [0.4, 0.5) is 0 Å². The lowest BCUT2D eigenvalue weighted by atomic mass is 9.75. The molecule has 0 bridgehead atoms. The molecule has 0 saturated heterocycles. The van der Waals surface area contributed by atoms with Gasteiger partial charge in [0.25, 0.3) is 0 Å². The van der Waals surface area contributed by atoms with E-state index in [1.54, 1.807) is 0 Å². The molecule has 69 heavy (non-hydrogen) atoms. The number of para-hydroxylation sites is 1. The van der Waals surface area contributed by atoms with Crippen molar-refractivity contribution in [2.75, 3.05) is 0 Å². The average Bonchev–Trinajstić information content (AvgIpc) is 3.72. The fourth-order valence-electron chi connectivity index (χ4n) is 9.87. The Hall–Kier alpha value is -7.16. The van der Waals surface area contributed by atoms with E-state index in [9.17, 15) is 5.26 Å². The number of furan rings is 1. The van der Waals surface area contributed by atoms with Gasteiger partial charge in [0.1, 0.15) is 11.2 Å². The number of fused-ring (bicyclic) bond motifs is 3. The van der Waals surface area contributed by atoms with Crippen molar-refractivity contribution in [1.82, 2.24) is 15.0 Å². The van der Waals surface area contributed by atoms with Gasteiger partial charge in [-0.2, -0.15) is 5.26 Å². The fourth-order valence-corrected chi connectivity index (χ4v) is 9.87. The van der Waals surface area contributed by atoms with Gasteiger partial charge in [0.15, 0.2) is 0 Å². The van der Waals surface area contributed by atoms with Gasteiger partial charge < -0.3 is 4.42 Å². The van der Waals surface area contributed by atoms with Crippen molar-refractivity contribution in [3.8, 4) is 39.8 Å². The topological polar surface area (TPSA) is 75.6 Å². The van der Waals surface area contributed by atoms with Gasteiger partial charge in [0.05, 0.1) is 31.5 Å². The maximum atomic E-state index is 9.66. The van der Waals surface area contributed by atoms with E-state index in [4.69, 9.17) is 22.1 Å². The van der Waals surface area contributed by atoms with Gasteiger partial charge in [-0.05, 0) is 134 Å². The van der Waals surface area contributed by atoms with Crippen molar-refractivity contribution in [1.29, 1.82) is 5.26 Å². The van der Waals surface area contributed by atoms with E-state index in [-0.39, 0.29) is 33.9 Å². The number of hydrogen-bond acceptors (Lipinski definition) is 5. The van der Waals surface area contributed by atoms with Crippen molar-refractivity contribution < 1.29 is 7.16 Å². The quantitative estimate of drug-likeness (QED) is 0.109. The van der Waals surface area contributed by atoms with Crippen LogP contribution in [-0.4, -0.2) is 15.0 Å². The summed E-state index contributed by atoms with van der Waals surface area (Å²) in [6.45, 7) is 22.8. The molecule has 0 spiro atoms. The Morgan fingerprint density at radius 3 is 1.36 bits per heavy atom. The summed E-state index contributed by atoms with van der Waals surface area (Å²) in [5.74, 6) is 0.973. The van der Waals surface area contributed by atoms with E-state index in [1.807, 2.05) is 36.5 Å². The molecule has 0 unspecified atom stereocenters. The molecule has 9 aromatic rings. The first kappa shape index (κ1) is 44.4. The lowest BCUT2D eigenvalue weighted by Gasteiger charge is -2.30. The molecule has 0 aliphatic carbocycles. The fraction of sp³-hybridized carbons (Fsp3) is 0.281. The van der Waals surface area contributed by atoms with Crippen LogP contribution in [0.2, 0.25) is 0 Å². The van der Waals surface area contributed by atoms with E-state index in [2.05, 4.69) is 179 Å². The number of hydrogen-bond donors (Lipinski definition) is 0. The number of benzene rings is 5. The van der Waals surface area contributed by atoms with Gasteiger partial charge in [0, 0.05) is 46.1 Å². The van der Waals surface area contributed by atoms with Crippen molar-refractivity contribution in [2.45, 2.75) is 117 Å². The Kier molecular flexibility index (Phi) is 12.0. The van der Waals surface area contributed by atoms with Crippen LogP contribution in [0.5, 0.6) is 0 Å². The Labute approximate surface area is 412 Å². The van der Waals surface area contributed by atoms with Crippen LogP contribution in [0.1, 0.15) is 134 Å². The third-order valence-corrected chi connectivity index (χ3v) is 14.2. The predicted molar refractivity (Wildman–Crippen MR) is 286 cm³/mol. The van der Waals surface area contributed by atoms with Gasteiger partial charge in [-0.1, -0.05) is 166 Å². The molecule has 0 amide bonds. The highest BCUT2D eigenvalue weighted by molar-refractivity contribution is 6.09. The number of rotatable bonds is 14. The zero-order valence-electron chi connectivity index (χ0n) is 43.8. The number of nitrogens with zero attached hydrogens (tertiary/aromatic N) is 4. The zero-order valence-corrected chi connectivity index (χ0v) is 41.8. The molecular formula is C64H64N4O. The minimum Gasteiger partial charge on any atom is -0.455 e. The van der Waals surface area contributed by atoms with E-state index in [1.165, 1.54) is 45.0 Å². The largest absolute Gasteiger partial charge is 0.455 e. The highest BCUT2D eigenvalue weighted by atomic mass is 16.3. The third kappa shape index (κ3) is 10.0. The van der Waals surface area contributed by atoms with E-state index in [0.29, 0.717) is 28.4 Å². The molecule has 5 aromatic carbocycles. The first-order valence-electron chi connectivity index (χ1n) is 25.4. The minimum atomic E-state index is -0.267. The minimum absolute atomic E-state index is 0.0135. The molecule has 0 saturated carbocycles. The lowest BCUT2D eigenvalue weighted by molar-refractivity contribution is 0.505. The average molecular weight is 907 g/mol. The molecular weight excluding hydrogens is 841 g/mol. The Bertz CT molecular complexity index is 3290. The maximum absolute atomic E-state index is 9.66. The highest BCUT2D eigenvalue weighted by Crippen LogP contribution is 2.38. The van der Waals surface area contributed by atoms with Crippen LogP contribution in [0, 0.1) is 11.3 Å². The van der Waals surface area contributed by atoms with Crippen molar-refractivity contribution >= 4 is 21.9 Å². The van der Waals surface area contributed by atoms with Crippen LogP contribution in [0.3, 0.4) is 0 Å². The molecule has 9 rings (SSSR count). The summed E-state index contributed by atoms with van der Waals surface area (Å²) in [5.41, 5.74) is 16.2. The normalized spacial score (nSPS) is 12.7. The second kappa shape index (κ2) is 18.7. The Balaban J connectivity index is 1.01. The van der Waals surface area contributed by atoms with E-state index in [0.717, 1.165) is 64.0 Å². The van der Waals surface area contributed by atoms with Crippen molar-refractivity contribution in [2.24, 2.45) is 0 Å². The Morgan fingerprint density at radius 1 is 0.536 bits per heavy atom. The van der Waals surface area contributed by atoms with Crippen LogP contribution < -0.4 is 0 Å². The molecule has 0 radical (unpaired) electrons. The van der Waals surface area contributed by atoms with Gasteiger partial charge >= 0.3 is 0 Å². The van der Waals surface area contributed by atoms with Crippen LogP contribution >= 0.6 is 0 Å². The van der Waals surface area contributed by atoms with E-state index < -0.39 is 0 Å². The van der Waals surface area contributed by atoms with Crippen LogP contribution in [0.25, 0.3) is 55.7 Å². The molecule has 0 atom stereocenters. The number of pyridine rings is 3. The van der Waals surface area contributed by atoms with Crippen LogP contribution in [0.15, 0.2) is 162 Å². The molecule has 5 nitrogen and oxygen atoms in total. The molecule has 4 heterocycles. The lowest BCUT2D eigenvalue weighted by Crippen LogP contribution is -2.24. The van der Waals surface area contributed by atoms with Gasteiger partial charge in [-0.25, -0.2) is 0 Å². The molecule has 0 aliphatic heterocycles. The molecule has 0 fully saturated rings. The SMILES string of the molecule is [2H]c1cc2oc3c(-c4ccc(C(C)(C)Cc5cc(CC(C)(C)c6ccc(-c7ccc(C(C)C)cc7)nc6)cc(CC(C)(C)c6ccc(-c7ccc(C(C)C)cc7)nc6)c5)cn4)cccc3c2c([2H])c1C#N. The first-order chi connectivity index (χ1) is 33.8. The van der Waals surface area contributed by atoms with Gasteiger partial charge in [-0.3, -0.25) is 15.0 Å². The summed E-state index contributed by atoms with van der Waals surface area (Å²) < 4.78 is 23.3. The monoisotopic (exact) mass is 907 g/mol. The smallest absolute Gasteiger partial charge is 0.144 e. The summed E-state index contributed by atoms with van der Waals surface area (Å²) >= 11 is 0. The predicted octanol–water partition coefficient (Wildman–Crippen LogP) is 16.5. The third-order valence-electron chi connectivity index (χ3n) is 14.2. The second-order valence-electron chi connectivity index (χ2n) is 21.6. The second-order valence-corrected chi connectivity index (χ2v) is 21.6. The summed E-state index contributed by atoms with van der Waals surface area (Å²) in [4.78, 5) is 15.0. The zero-order chi connectivity index (χ0) is 50.4. The highest BCUT2D eigenvalue weighted by Gasteiger charge is 2.28. The Morgan fingerprint density at radius 2 is 0.971 bits per heavy atom. The van der Waals surface area contributed by atoms with Crippen molar-refractivity contribution in [3.63, 3.8) is 0 Å². The molecule has 4 aromatic heterocycles. The van der Waals surface area contributed by atoms with Crippen LogP contribution in [-0.2, 0) is 35.5 Å². The number of aromatic nitrogens is 3. The first-order valence-corrected chi connectivity index (χ1v) is 24.4. The molecule has 0 aliphatic rings. The van der Waals surface area contributed by atoms with Crippen molar-refractivity contribution in [3.05, 3.63) is 208 Å². The van der Waals surface area contributed by atoms with Gasteiger partial charge in [-0.15, -0.1) is 0 Å². The summed E-state index contributed by atoms with van der Waals surface area (Å²) in [6, 6.07) is 47.2. The summed E-state index contributed by atoms with van der Waals surface area (Å²) in [7, 11) is 0.